The highest BCUT2D eigenvalue weighted by Gasteiger charge is 2.26. The summed E-state index contributed by atoms with van der Waals surface area (Å²) in [5.41, 5.74) is 0. The van der Waals surface area contributed by atoms with Crippen molar-refractivity contribution >= 4 is 5.97 Å². The lowest BCUT2D eigenvalue weighted by Gasteiger charge is -2.30. The van der Waals surface area contributed by atoms with Gasteiger partial charge in [0.05, 0.1) is 25.8 Å². The number of likely N-dealkylation sites (tertiary alicyclic amines) is 1. The molecule has 1 aromatic rings. The third-order valence-corrected chi connectivity index (χ3v) is 3.07. The molecule has 0 aromatic carbocycles. The second-order valence-electron chi connectivity index (χ2n) is 4.46. The molecule has 1 fully saturated rings. The van der Waals surface area contributed by atoms with E-state index in [9.17, 15) is 4.79 Å². The van der Waals surface area contributed by atoms with Crippen LogP contribution >= 0.6 is 0 Å². The van der Waals surface area contributed by atoms with Gasteiger partial charge in [0.25, 0.3) is 0 Å². The van der Waals surface area contributed by atoms with Crippen LogP contribution in [0.15, 0.2) is 10.6 Å². The third-order valence-electron chi connectivity index (χ3n) is 3.07. The number of methoxy groups -OCH3 is 1. The molecule has 94 valence electrons. The molecule has 1 saturated heterocycles. The predicted molar refractivity (Wildman–Crippen MR) is 61.3 cm³/mol. The predicted octanol–water partition coefficient (Wildman–Crippen LogP) is 1.37. The first-order valence-corrected chi connectivity index (χ1v) is 5.90. The molecule has 0 spiro atoms. The quantitative estimate of drug-likeness (QED) is 0.744. The molecular formula is C12H18N2O3. The number of aryl methyl sites for hydroxylation is 1. The Morgan fingerprint density at radius 2 is 2.53 bits per heavy atom. The van der Waals surface area contributed by atoms with Crippen LogP contribution in [0.3, 0.4) is 0 Å². The molecule has 0 unspecified atom stereocenters. The van der Waals surface area contributed by atoms with Crippen molar-refractivity contribution in [1.29, 1.82) is 0 Å². The molecule has 1 aliphatic rings. The highest BCUT2D eigenvalue weighted by Crippen LogP contribution is 2.19. The average molecular weight is 238 g/mol. The number of carbonyl (C=O) groups is 1. The van der Waals surface area contributed by atoms with Gasteiger partial charge < -0.3 is 9.15 Å². The summed E-state index contributed by atoms with van der Waals surface area (Å²) in [4.78, 5) is 17.8. The monoisotopic (exact) mass is 238 g/mol. The summed E-state index contributed by atoms with van der Waals surface area (Å²) < 4.78 is 10.2. The molecule has 0 bridgehead atoms. The van der Waals surface area contributed by atoms with E-state index in [1.807, 2.05) is 6.92 Å². The summed E-state index contributed by atoms with van der Waals surface area (Å²) in [6.45, 7) is 4.26. The first-order valence-electron chi connectivity index (χ1n) is 5.90. The van der Waals surface area contributed by atoms with Crippen molar-refractivity contribution in [2.75, 3.05) is 20.2 Å². The van der Waals surface area contributed by atoms with E-state index in [1.54, 1.807) is 6.20 Å². The topological polar surface area (TPSA) is 55.6 Å². The Morgan fingerprint density at radius 3 is 3.18 bits per heavy atom. The van der Waals surface area contributed by atoms with E-state index in [-0.39, 0.29) is 11.9 Å². The fraction of sp³-hybridized carbons (Fsp3) is 0.667. The van der Waals surface area contributed by atoms with Crippen molar-refractivity contribution in [3.8, 4) is 0 Å². The summed E-state index contributed by atoms with van der Waals surface area (Å²) >= 11 is 0. The minimum Gasteiger partial charge on any atom is -0.469 e. The lowest BCUT2D eigenvalue weighted by Crippen LogP contribution is -2.38. The van der Waals surface area contributed by atoms with E-state index in [0.717, 1.165) is 31.7 Å². The SMILES string of the molecule is COC(=O)[C@H]1CCCN(Cc2ncc(C)o2)C1. The number of nitrogens with zero attached hydrogens (tertiary/aromatic N) is 2. The van der Waals surface area contributed by atoms with Gasteiger partial charge in [-0.25, -0.2) is 4.98 Å². The van der Waals surface area contributed by atoms with Gasteiger partial charge in [-0.1, -0.05) is 0 Å². The summed E-state index contributed by atoms with van der Waals surface area (Å²) in [7, 11) is 1.44. The molecule has 1 aromatic heterocycles. The van der Waals surface area contributed by atoms with Crippen molar-refractivity contribution in [2.45, 2.75) is 26.3 Å². The fourth-order valence-electron chi connectivity index (χ4n) is 2.22. The number of esters is 1. The number of oxazole rings is 1. The molecule has 1 aliphatic heterocycles. The number of rotatable bonds is 3. The zero-order chi connectivity index (χ0) is 12.3. The summed E-state index contributed by atoms with van der Waals surface area (Å²) in [5.74, 6) is 1.41. The van der Waals surface area contributed by atoms with Crippen molar-refractivity contribution in [3.05, 3.63) is 17.8 Å². The molecule has 0 amide bonds. The van der Waals surface area contributed by atoms with E-state index in [2.05, 4.69) is 9.88 Å². The Balaban J connectivity index is 1.91. The van der Waals surface area contributed by atoms with Crippen molar-refractivity contribution in [2.24, 2.45) is 5.92 Å². The van der Waals surface area contributed by atoms with Crippen LogP contribution < -0.4 is 0 Å². The van der Waals surface area contributed by atoms with Crippen LogP contribution in [0, 0.1) is 12.8 Å². The van der Waals surface area contributed by atoms with Gasteiger partial charge in [0.15, 0.2) is 0 Å². The molecule has 5 heteroatoms. The fourth-order valence-corrected chi connectivity index (χ4v) is 2.22. The van der Waals surface area contributed by atoms with Crippen LogP contribution in [-0.2, 0) is 16.1 Å². The first kappa shape index (κ1) is 12.1. The van der Waals surface area contributed by atoms with E-state index in [1.165, 1.54) is 7.11 Å². The van der Waals surface area contributed by atoms with E-state index in [4.69, 9.17) is 9.15 Å². The normalized spacial score (nSPS) is 21.4. The Morgan fingerprint density at radius 1 is 1.71 bits per heavy atom. The van der Waals surface area contributed by atoms with Crippen LogP contribution in [0.25, 0.3) is 0 Å². The van der Waals surface area contributed by atoms with Crippen LogP contribution in [0.5, 0.6) is 0 Å². The smallest absolute Gasteiger partial charge is 0.309 e. The third kappa shape index (κ3) is 3.06. The Labute approximate surface area is 101 Å². The van der Waals surface area contributed by atoms with Crippen LogP contribution in [0.4, 0.5) is 0 Å². The highest BCUT2D eigenvalue weighted by molar-refractivity contribution is 5.72. The van der Waals surface area contributed by atoms with Crippen LogP contribution in [-0.4, -0.2) is 36.1 Å². The van der Waals surface area contributed by atoms with Gasteiger partial charge in [0, 0.05) is 6.54 Å². The Hall–Kier alpha value is -1.36. The molecule has 2 heterocycles. The second-order valence-corrected chi connectivity index (χ2v) is 4.46. The van der Waals surface area contributed by atoms with Crippen molar-refractivity contribution in [3.63, 3.8) is 0 Å². The summed E-state index contributed by atoms with van der Waals surface area (Å²) in [6, 6.07) is 0. The number of piperidine rings is 1. The minimum absolute atomic E-state index is 0.00944. The lowest BCUT2D eigenvalue weighted by atomic mass is 9.98. The lowest BCUT2D eigenvalue weighted by molar-refractivity contribution is -0.147. The van der Waals surface area contributed by atoms with E-state index in [0.29, 0.717) is 12.4 Å². The van der Waals surface area contributed by atoms with Gasteiger partial charge in [-0.2, -0.15) is 0 Å². The molecule has 1 atom stereocenters. The zero-order valence-electron chi connectivity index (χ0n) is 10.3. The molecule has 5 nitrogen and oxygen atoms in total. The standard InChI is InChI=1S/C12H18N2O3/c1-9-6-13-11(17-9)8-14-5-3-4-10(7-14)12(15)16-2/h6,10H,3-5,7-8H2,1-2H3/t10-/m0/s1. The van der Waals surface area contributed by atoms with Gasteiger partial charge in [0.2, 0.25) is 5.89 Å². The number of ether oxygens (including phenoxy) is 1. The molecule has 2 rings (SSSR count). The number of hydrogen-bond acceptors (Lipinski definition) is 5. The summed E-state index contributed by atoms with van der Waals surface area (Å²) in [6.07, 6.45) is 3.64. The minimum atomic E-state index is -0.113. The van der Waals surface area contributed by atoms with Gasteiger partial charge >= 0.3 is 5.97 Å². The average Bonchev–Trinajstić information content (AvgIpc) is 2.74. The number of aromatic nitrogens is 1. The van der Waals surface area contributed by atoms with E-state index < -0.39 is 0 Å². The maximum absolute atomic E-state index is 11.5. The van der Waals surface area contributed by atoms with Gasteiger partial charge in [-0.05, 0) is 26.3 Å². The molecule has 0 radical (unpaired) electrons. The molecule has 0 N–H and O–H groups in total. The number of carbonyl (C=O) groups excluding carboxylic acids is 1. The largest absolute Gasteiger partial charge is 0.469 e. The maximum Gasteiger partial charge on any atom is 0.309 e. The van der Waals surface area contributed by atoms with Crippen molar-refractivity contribution in [1.82, 2.24) is 9.88 Å². The molecule has 0 saturated carbocycles. The Kier molecular flexibility index (Phi) is 3.78. The maximum atomic E-state index is 11.5. The van der Waals surface area contributed by atoms with E-state index >= 15 is 0 Å². The van der Waals surface area contributed by atoms with Gasteiger partial charge in [0.1, 0.15) is 5.76 Å². The van der Waals surface area contributed by atoms with Crippen molar-refractivity contribution < 1.29 is 13.9 Å². The number of hydrogen-bond donors (Lipinski definition) is 0. The van der Waals surface area contributed by atoms with Crippen LogP contribution in [0.2, 0.25) is 0 Å². The molecule has 0 aliphatic carbocycles. The molecular weight excluding hydrogens is 220 g/mol. The van der Waals surface area contributed by atoms with Crippen LogP contribution in [0.1, 0.15) is 24.5 Å². The second kappa shape index (κ2) is 5.31. The highest BCUT2D eigenvalue weighted by atomic mass is 16.5. The Bertz CT molecular complexity index is 389. The summed E-state index contributed by atoms with van der Waals surface area (Å²) in [5, 5.41) is 0. The molecule has 17 heavy (non-hydrogen) atoms. The van der Waals surface area contributed by atoms with Gasteiger partial charge in [-0.3, -0.25) is 9.69 Å². The van der Waals surface area contributed by atoms with Gasteiger partial charge in [-0.15, -0.1) is 0 Å². The first-order chi connectivity index (χ1) is 8.19. The zero-order valence-corrected chi connectivity index (χ0v) is 10.3.